The number of ether oxygens (including phenoxy) is 3. The van der Waals surface area contributed by atoms with Crippen molar-refractivity contribution in [3.8, 4) is 17.2 Å². The number of unbranched alkanes of at least 4 members (excludes halogenated alkanes) is 21. The number of carboxylic acids is 1. The van der Waals surface area contributed by atoms with Crippen molar-refractivity contribution in [1.82, 2.24) is 0 Å². The van der Waals surface area contributed by atoms with E-state index < -0.39 is 5.97 Å². The Kier molecular flexibility index (Phi) is 25.5. The molecule has 2 aromatic rings. The molecule has 0 atom stereocenters. The molecule has 0 spiro atoms. The van der Waals surface area contributed by atoms with Gasteiger partial charge in [0.15, 0.2) is 11.5 Å². The third kappa shape index (κ3) is 19.9. The molecule has 50 heavy (non-hydrogen) atoms. The highest BCUT2D eigenvalue weighted by Gasteiger charge is 2.19. The number of aromatic carboxylic acids is 1. The molecule has 0 saturated heterocycles. The van der Waals surface area contributed by atoms with E-state index in [-0.39, 0.29) is 5.56 Å². The van der Waals surface area contributed by atoms with E-state index in [0.29, 0.717) is 48.4 Å². The maximum atomic E-state index is 11.3. The number of hydrogen-bond donors (Lipinski definition) is 1. The second kappa shape index (κ2) is 29.6. The van der Waals surface area contributed by atoms with Crippen molar-refractivity contribution in [3.63, 3.8) is 0 Å². The van der Waals surface area contributed by atoms with E-state index >= 15 is 0 Å². The molecule has 0 fully saturated rings. The van der Waals surface area contributed by atoms with Crippen LogP contribution in [0.3, 0.4) is 0 Å². The van der Waals surface area contributed by atoms with Crippen LogP contribution in [0.2, 0.25) is 0 Å². The van der Waals surface area contributed by atoms with Crippen molar-refractivity contribution >= 4 is 17.3 Å². The first kappa shape index (κ1) is 43.1. The molecule has 1 N–H and O–H groups in total. The van der Waals surface area contributed by atoms with Crippen LogP contribution in [-0.2, 0) is 0 Å². The van der Waals surface area contributed by atoms with E-state index in [1.165, 1.54) is 128 Å². The van der Waals surface area contributed by atoms with Crippen LogP contribution >= 0.6 is 0 Å². The fourth-order valence-electron chi connectivity index (χ4n) is 6.02. The first-order chi connectivity index (χ1) is 24.6. The van der Waals surface area contributed by atoms with Gasteiger partial charge < -0.3 is 19.3 Å². The lowest BCUT2D eigenvalue weighted by Crippen LogP contribution is -2.06. The summed E-state index contributed by atoms with van der Waals surface area (Å²) in [6.45, 7) is 8.57. The third-order valence-corrected chi connectivity index (χ3v) is 9.19. The van der Waals surface area contributed by atoms with Gasteiger partial charge in [-0.05, 0) is 55.7 Å². The summed E-state index contributed by atoms with van der Waals surface area (Å²) in [5, 5.41) is 18.3. The van der Waals surface area contributed by atoms with Crippen molar-refractivity contribution in [2.75, 3.05) is 19.8 Å². The Morgan fingerprint density at radius 2 is 0.880 bits per heavy atom. The number of carbonyl (C=O) groups is 1. The summed E-state index contributed by atoms with van der Waals surface area (Å²) in [5.41, 5.74) is 1.37. The van der Waals surface area contributed by atoms with E-state index in [1.807, 2.05) is 12.1 Å². The number of azo groups is 1. The lowest BCUT2D eigenvalue weighted by Gasteiger charge is -2.18. The van der Waals surface area contributed by atoms with Gasteiger partial charge in [0, 0.05) is 0 Å². The molecule has 0 unspecified atom stereocenters. The van der Waals surface area contributed by atoms with Gasteiger partial charge >= 0.3 is 5.97 Å². The van der Waals surface area contributed by atoms with Gasteiger partial charge in [0.1, 0.15) is 5.69 Å². The molecule has 0 heterocycles. The van der Waals surface area contributed by atoms with Crippen molar-refractivity contribution in [1.29, 1.82) is 0 Å². The summed E-state index contributed by atoms with van der Waals surface area (Å²) in [5.74, 6) is 0.922. The molecular formula is C43H70N2O5. The van der Waals surface area contributed by atoms with E-state index in [4.69, 9.17) is 14.2 Å². The molecule has 0 aliphatic rings. The molecule has 2 aromatic carbocycles. The fourth-order valence-corrected chi connectivity index (χ4v) is 6.02. The molecule has 0 amide bonds. The van der Waals surface area contributed by atoms with Crippen LogP contribution in [0, 0.1) is 0 Å². The predicted octanol–water partition coefficient (Wildman–Crippen LogP) is 14.4. The molecular weight excluding hydrogens is 624 g/mol. The molecule has 282 valence electrons. The lowest BCUT2D eigenvalue weighted by molar-refractivity contribution is 0.0697. The Balaban J connectivity index is 2.15. The van der Waals surface area contributed by atoms with Gasteiger partial charge in [0.05, 0.1) is 31.1 Å². The Labute approximate surface area is 305 Å². The van der Waals surface area contributed by atoms with Crippen molar-refractivity contribution < 1.29 is 24.1 Å². The van der Waals surface area contributed by atoms with Gasteiger partial charge in [-0.15, -0.1) is 5.11 Å². The summed E-state index contributed by atoms with van der Waals surface area (Å²) in [4.78, 5) is 11.3. The monoisotopic (exact) mass is 695 g/mol. The van der Waals surface area contributed by atoms with Crippen LogP contribution in [-0.4, -0.2) is 30.9 Å². The Hall–Kier alpha value is -3.09. The summed E-state index contributed by atoms with van der Waals surface area (Å²) >= 11 is 0. The maximum absolute atomic E-state index is 11.3. The Bertz CT molecular complexity index is 1150. The fraction of sp³-hybridized carbons (Fsp3) is 0.698. The molecule has 2 rings (SSSR count). The number of carboxylic acid groups (broad SMARTS) is 1. The summed E-state index contributed by atoms with van der Waals surface area (Å²) in [7, 11) is 0. The zero-order valence-electron chi connectivity index (χ0n) is 32.0. The molecule has 0 aliphatic carbocycles. The highest BCUT2D eigenvalue weighted by atomic mass is 16.5. The van der Waals surface area contributed by atoms with Crippen LogP contribution in [0.25, 0.3) is 0 Å². The summed E-state index contributed by atoms with van der Waals surface area (Å²) in [6, 6.07) is 10.2. The van der Waals surface area contributed by atoms with E-state index in [2.05, 4.69) is 31.0 Å². The van der Waals surface area contributed by atoms with Gasteiger partial charge in [-0.2, -0.15) is 5.11 Å². The SMILES string of the molecule is CCCCCCCCCCOc1ccc(N=Nc2ccc(C(=O)O)cc2)c(OCCCCCCCCCC)c1OCCCCCCCCCC. The second-order valence-corrected chi connectivity index (χ2v) is 13.8. The normalized spacial score (nSPS) is 11.3. The summed E-state index contributed by atoms with van der Waals surface area (Å²) in [6.07, 6.45) is 29.7. The number of nitrogens with zero attached hydrogens (tertiary/aromatic N) is 2. The highest BCUT2D eigenvalue weighted by molar-refractivity contribution is 5.87. The van der Waals surface area contributed by atoms with Gasteiger partial charge in [-0.25, -0.2) is 4.79 Å². The third-order valence-electron chi connectivity index (χ3n) is 9.19. The van der Waals surface area contributed by atoms with Gasteiger partial charge in [0.25, 0.3) is 0 Å². The van der Waals surface area contributed by atoms with Gasteiger partial charge in [-0.3, -0.25) is 0 Å². The van der Waals surface area contributed by atoms with Crippen molar-refractivity contribution in [3.05, 3.63) is 42.0 Å². The lowest BCUT2D eigenvalue weighted by atomic mass is 10.1. The second-order valence-electron chi connectivity index (χ2n) is 13.8. The predicted molar refractivity (Wildman–Crippen MR) is 208 cm³/mol. The first-order valence-electron chi connectivity index (χ1n) is 20.4. The Morgan fingerprint density at radius 3 is 1.32 bits per heavy atom. The van der Waals surface area contributed by atoms with E-state index in [0.717, 1.165) is 38.5 Å². The van der Waals surface area contributed by atoms with Crippen LogP contribution in [0.1, 0.15) is 185 Å². The minimum absolute atomic E-state index is 0.216. The zero-order valence-corrected chi connectivity index (χ0v) is 32.0. The molecule has 0 saturated carbocycles. The average Bonchev–Trinajstić information content (AvgIpc) is 3.13. The van der Waals surface area contributed by atoms with Crippen molar-refractivity contribution in [2.45, 2.75) is 175 Å². The standard InChI is InChI=1S/C43H70N2O5/c1-4-7-10-13-16-19-22-25-34-48-40-33-32-39(45-44-38-30-28-37(29-31-38)43(46)47)41(49-35-26-23-20-17-14-11-8-5-2)42(40)50-36-27-24-21-18-15-12-9-6-3/h28-33H,4-27,34-36H2,1-3H3,(H,46,47). The molecule has 0 bridgehead atoms. The van der Waals surface area contributed by atoms with Gasteiger partial charge in [0.2, 0.25) is 5.75 Å². The topological polar surface area (TPSA) is 89.7 Å². The van der Waals surface area contributed by atoms with E-state index in [1.54, 1.807) is 12.1 Å². The average molecular weight is 695 g/mol. The number of benzene rings is 2. The number of rotatable bonds is 33. The molecule has 0 aliphatic heterocycles. The minimum atomic E-state index is -0.967. The van der Waals surface area contributed by atoms with Crippen LogP contribution < -0.4 is 14.2 Å². The van der Waals surface area contributed by atoms with Gasteiger partial charge in [-0.1, -0.05) is 156 Å². The molecule has 0 aromatic heterocycles. The summed E-state index contributed by atoms with van der Waals surface area (Å²) < 4.78 is 19.3. The number of hydrogen-bond acceptors (Lipinski definition) is 6. The first-order valence-corrected chi connectivity index (χ1v) is 20.4. The Morgan fingerprint density at radius 1 is 0.480 bits per heavy atom. The van der Waals surface area contributed by atoms with Crippen LogP contribution in [0.15, 0.2) is 46.6 Å². The minimum Gasteiger partial charge on any atom is -0.490 e. The molecule has 7 heteroatoms. The quantitative estimate of drug-likeness (QED) is 0.0593. The maximum Gasteiger partial charge on any atom is 0.335 e. The largest absolute Gasteiger partial charge is 0.490 e. The van der Waals surface area contributed by atoms with Crippen LogP contribution in [0.4, 0.5) is 11.4 Å². The molecule has 0 radical (unpaired) electrons. The van der Waals surface area contributed by atoms with Crippen molar-refractivity contribution in [2.24, 2.45) is 10.2 Å². The van der Waals surface area contributed by atoms with E-state index in [9.17, 15) is 9.90 Å². The smallest absolute Gasteiger partial charge is 0.335 e. The highest BCUT2D eigenvalue weighted by Crippen LogP contribution is 2.45. The zero-order chi connectivity index (χ0) is 35.9. The molecule has 7 nitrogen and oxygen atoms in total. The van der Waals surface area contributed by atoms with Crippen LogP contribution in [0.5, 0.6) is 17.2 Å².